The van der Waals surface area contributed by atoms with Gasteiger partial charge in [0, 0.05) is 16.4 Å². The van der Waals surface area contributed by atoms with Crippen LogP contribution in [0.1, 0.15) is 17.5 Å². The molecule has 0 spiro atoms. The number of hydrogen-bond donors (Lipinski definition) is 2. The third-order valence-electron chi connectivity index (χ3n) is 2.26. The van der Waals surface area contributed by atoms with Gasteiger partial charge in [0.1, 0.15) is 5.58 Å². The number of rotatable bonds is 3. The van der Waals surface area contributed by atoms with E-state index >= 15 is 0 Å². The Hall–Kier alpha value is -1.33. The number of carbonyl (C=O) groups excluding carboxylic acids is 1. The first-order valence-corrected chi connectivity index (χ1v) is 6.01. The lowest BCUT2D eigenvalue weighted by Crippen LogP contribution is -2.30. The van der Waals surface area contributed by atoms with E-state index < -0.39 is 6.10 Å². The third kappa shape index (κ3) is 2.87. The molecule has 2 rings (SSSR count). The van der Waals surface area contributed by atoms with E-state index in [1.807, 2.05) is 12.1 Å². The zero-order valence-electron chi connectivity index (χ0n) is 9.24. The number of halogens is 1. The number of aliphatic hydroxyl groups excluding tert-OH is 1. The van der Waals surface area contributed by atoms with Crippen molar-refractivity contribution < 1.29 is 14.3 Å². The molecule has 4 nitrogen and oxygen atoms in total. The fraction of sp³-hybridized carbons (Fsp3) is 0.250. The second-order valence-corrected chi connectivity index (χ2v) is 4.77. The van der Waals surface area contributed by atoms with Crippen molar-refractivity contribution in [2.75, 3.05) is 6.54 Å². The quantitative estimate of drug-likeness (QED) is 0.914. The smallest absolute Gasteiger partial charge is 0.287 e. The topological polar surface area (TPSA) is 62.5 Å². The average molecular weight is 298 g/mol. The van der Waals surface area contributed by atoms with Gasteiger partial charge in [0.25, 0.3) is 5.91 Å². The molecule has 1 unspecified atom stereocenters. The molecule has 0 bridgehead atoms. The van der Waals surface area contributed by atoms with Crippen molar-refractivity contribution in [3.05, 3.63) is 34.5 Å². The predicted molar refractivity (Wildman–Crippen MR) is 67.9 cm³/mol. The molecule has 0 aliphatic carbocycles. The highest BCUT2D eigenvalue weighted by Gasteiger charge is 2.12. The fourth-order valence-electron chi connectivity index (χ4n) is 1.45. The minimum Gasteiger partial charge on any atom is -0.451 e. The summed E-state index contributed by atoms with van der Waals surface area (Å²) in [4.78, 5) is 11.7. The van der Waals surface area contributed by atoms with Gasteiger partial charge in [0.2, 0.25) is 0 Å². The van der Waals surface area contributed by atoms with Gasteiger partial charge in [-0.1, -0.05) is 15.9 Å². The summed E-state index contributed by atoms with van der Waals surface area (Å²) in [7, 11) is 0. The number of benzene rings is 1. The van der Waals surface area contributed by atoms with Gasteiger partial charge in [-0.15, -0.1) is 0 Å². The van der Waals surface area contributed by atoms with Gasteiger partial charge >= 0.3 is 0 Å². The predicted octanol–water partition coefficient (Wildman–Crippen LogP) is 2.31. The Bertz CT molecular complexity index is 548. The standard InChI is InChI=1S/C12H12BrNO3/c1-7(15)6-14-12(16)11-5-8-4-9(13)2-3-10(8)17-11/h2-5,7,15H,6H2,1H3,(H,14,16). The molecular formula is C12H12BrNO3. The van der Waals surface area contributed by atoms with Gasteiger partial charge in [-0.05, 0) is 31.2 Å². The van der Waals surface area contributed by atoms with Crippen molar-refractivity contribution in [1.29, 1.82) is 0 Å². The first-order chi connectivity index (χ1) is 8.06. The zero-order chi connectivity index (χ0) is 12.4. The molecule has 90 valence electrons. The zero-order valence-corrected chi connectivity index (χ0v) is 10.8. The summed E-state index contributed by atoms with van der Waals surface area (Å²) < 4.78 is 6.33. The number of carbonyl (C=O) groups is 1. The van der Waals surface area contributed by atoms with Crippen molar-refractivity contribution in [2.24, 2.45) is 0 Å². The third-order valence-corrected chi connectivity index (χ3v) is 2.75. The molecule has 1 aromatic carbocycles. The monoisotopic (exact) mass is 297 g/mol. The van der Waals surface area contributed by atoms with Crippen LogP contribution in [0.2, 0.25) is 0 Å². The molecule has 0 saturated carbocycles. The molecule has 17 heavy (non-hydrogen) atoms. The van der Waals surface area contributed by atoms with E-state index in [1.165, 1.54) is 0 Å². The summed E-state index contributed by atoms with van der Waals surface area (Å²) in [6.45, 7) is 1.82. The van der Waals surface area contributed by atoms with Crippen molar-refractivity contribution in [3.8, 4) is 0 Å². The lowest BCUT2D eigenvalue weighted by molar-refractivity contribution is 0.0899. The highest BCUT2D eigenvalue weighted by Crippen LogP contribution is 2.23. The molecule has 2 N–H and O–H groups in total. The fourth-order valence-corrected chi connectivity index (χ4v) is 1.83. The molecule has 0 aliphatic heterocycles. The highest BCUT2D eigenvalue weighted by molar-refractivity contribution is 9.10. The summed E-state index contributed by atoms with van der Waals surface area (Å²) >= 11 is 3.35. The van der Waals surface area contributed by atoms with E-state index in [1.54, 1.807) is 19.1 Å². The molecule has 1 heterocycles. The van der Waals surface area contributed by atoms with Gasteiger partial charge in [-0.2, -0.15) is 0 Å². The van der Waals surface area contributed by atoms with Crippen LogP contribution in [0.25, 0.3) is 11.0 Å². The van der Waals surface area contributed by atoms with Gasteiger partial charge in [-0.3, -0.25) is 4.79 Å². The second-order valence-electron chi connectivity index (χ2n) is 3.85. The van der Waals surface area contributed by atoms with Crippen LogP contribution >= 0.6 is 15.9 Å². The molecule has 2 aromatic rings. The Balaban J connectivity index is 2.21. The van der Waals surface area contributed by atoms with Crippen molar-refractivity contribution in [2.45, 2.75) is 13.0 Å². The maximum absolute atomic E-state index is 11.7. The van der Waals surface area contributed by atoms with Gasteiger partial charge in [0.05, 0.1) is 6.10 Å². The SMILES string of the molecule is CC(O)CNC(=O)c1cc2cc(Br)ccc2o1. The number of nitrogens with one attached hydrogen (secondary N) is 1. The molecule has 1 aromatic heterocycles. The number of aliphatic hydroxyl groups is 1. The van der Waals surface area contributed by atoms with E-state index in [0.717, 1.165) is 9.86 Å². The summed E-state index contributed by atoms with van der Waals surface area (Å²) in [6, 6.07) is 7.20. The van der Waals surface area contributed by atoms with Crippen molar-refractivity contribution in [3.63, 3.8) is 0 Å². The van der Waals surface area contributed by atoms with Gasteiger partial charge < -0.3 is 14.8 Å². The summed E-state index contributed by atoms with van der Waals surface area (Å²) in [5, 5.41) is 12.5. The lowest BCUT2D eigenvalue weighted by atomic mass is 10.2. The first-order valence-electron chi connectivity index (χ1n) is 5.21. The number of furan rings is 1. The molecule has 1 atom stereocenters. The van der Waals surface area contributed by atoms with E-state index in [-0.39, 0.29) is 18.2 Å². The van der Waals surface area contributed by atoms with Crippen LogP contribution in [0.15, 0.2) is 33.2 Å². The molecule has 0 radical (unpaired) electrons. The summed E-state index contributed by atoms with van der Waals surface area (Å²) in [6.07, 6.45) is -0.572. The van der Waals surface area contributed by atoms with Crippen LogP contribution in [0, 0.1) is 0 Å². The maximum Gasteiger partial charge on any atom is 0.287 e. The Morgan fingerprint density at radius 1 is 1.53 bits per heavy atom. The Morgan fingerprint density at radius 3 is 3.00 bits per heavy atom. The largest absolute Gasteiger partial charge is 0.451 e. The minimum atomic E-state index is -0.572. The van der Waals surface area contributed by atoms with Crippen molar-refractivity contribution >= 4 is 32.8 Å². The van der Waals surface area contributed by atoms with E-state index in [2.05, 4.69) is 21.2 Å². The van der Waals surface area contributed by atoms with Crippen molar-refractivity contribution in [1.82, 2.24) is 5.32 Å². The van der Waals surface area contributed by atoms with Crippen LogP contribution in [-0.4, -0.2) is 23.7 Å². The van der Waals surface area contributed by atoms with Crippen LogP contribution < -0.4 is 5.32 Å². The average Bonchev–Trinajstić information content (AvgIpc) is 2.68. The van der Waals surface area contributed by atoms with Gasteiger partial charge in [-0.25, -0.2) is 0 Å². The molecule has 0 aliphatic rings. The number of hydrogen-bond acceptors (Lipinski definition) is 3. The Morgan fingerprint density at radius 2 is 2.29 bits per heavy atom. The summed E-state index contributed by atoms with van der Waals surface area (Å²) in [5.74, 6) is -0.0722. The molecule has 0 saturated heterocycles. The first kappa shape index (κ1) is 12.1. The highest BCUT2D eigenvalue weighted by atomic mass is 79.9. The minimum absolute atomic E-state index is 0.208. The Labute approximate surface area is 107 Å². The normalized spacial score (nSPS) is 12.6. The van der Waals surface area contributed by atoms with E-state index in [9.17, 15) is 4.79 Å². The molecule has 0 fully saturated rings. The number of amides is 1. The Kier molecular flexibility index (Phi) is 3.49. The van der Waals surface area contributed by atoms with Crippen LogP contribution in [0.5, 0.6) is 0 Å². The van der Waals surface area contributed by atoms with Gasteiger partial charge in [0.15, 0.2) is 5.76 Å². The number of fused-ring (bicyclic) bond motifs is 1. The molecule has 5 heteroatoms. The van der Waals surface area contributed by atoms with Crippen LogP contribution in [0.4, 0.5) is 0 Å². The molecular weight excluding hydrogens is 286 g/mol. The van der Waals surface area contributed by atoms with Crippen LogP contribution in [-0.2, 0) is 0 Å². The van der Waals surface area contributed by atoms with E-state index in [4.69, 9.17) is 9.52 Å². The van der Waals surface area contributed by atoms with Crippen LogP contribution in [0.3, 0.4) is 0 Å². The second kappa shape index (κ2) is 4.89. The molecule has 1 amide bonds. The maximum atomic E-state index is 11.7. The lowest BCUT2D eigenvalue weighted by Gasteiger charge is -2.04. The summed E-state index contributed by atoms with van der Waals surface area (Å²) in [5.41, 5.74) is 0.662. The van der Waals surface area contributed by atoms with E-state index in [0.29, 0.717) is 5.58 Å².